The normalized spacial score (nSPS) is 18.0. The molecule has 0 atom stereocenters. The van der Waals surface area contributed by atoms with Crippen molar-refractivity contribution in [1.82, 2.24) is 14.9 Å². The van der Waals surface area contributed by atoms with E-state index in [2.05, 4.69) is 61.8 Å². The van der Waals surface area contributed by atoms with Crippen molar-refractivity contribution in [1.29, 1.82) is 0 Å². The molecule has 166 valence electrons. The van der Waals surface area contributed by atoms with Gasteiger partial charge in [0, 0.05) is 48.9 Å². The number of benzene rings is 1. The number of aryl methyl sites for hydroxylation is 2. The zero-order valence-electron chi connectivity index (χ0n) is 19.5. The van der Waals surface area contributed by atoms with Crippen molar-refractivity contribution >= 4 is 11.7 Å². The Morgan fingerprint density at radius 2 is 1.71 bits per heavy atom. The number of hydrogen-bond donors (Lipinski definition) is 0. The van der Waals surface area contributed by atoms with E-state index in [0.717, 1.165) is 61.9 Å². The molecule has 0 spiro atoms. The van der Waals surface area contributed by atoms with E-state index in [1.165, 1.54) is 30.4 Å². The van der Waals surface area contributed by atoms with Crippen molar-refractivity contribution in [2.75, 3.05) is 31.1 Å². The number of hydrogen-bond acceptors (Lipinski definition) is 4. The van der Waals surface area contributed by atoms with Gasteiger partial charge in [0.05, 0.1) is 0 Å². The Kier molecular flexibility index (Phi) is 6.59. The van der Waals surface area contributed by atoms with Crippen molar-refractivity contribution < 1.29 is 4.79 Å². The highest BCUT2D eigenvalue weighted by Crippen LogP contribution is 2.32. The third-order valence-corrected chi connectivity index (χ3v) is 6.82. The van der Waals surface area contributed by atoms with Gasteiger partial charge in [-0.3, -0.25) is 4.79 Å². The third kappa shape index (κ3) is 4.76. The van der Waals surface area contributed by atoms with Gasteiger partial charge >= 0.3 is 0 Å². The molecule has 1 saturated carbocycles. The predicted molar refractivity (Wildman–Crippen MR) is 126 cm³/mol. The van der Waals surface area contributed by atoms with Gasteiger partial charge in [-0.25, -0.2) is 9.97 Å². The van der Waals surface area contributed by atoms with Gasteiger partial charge in [0.2, 0.25) is 5.91 Å². The Balaban J connectivity index is 1.56. The van der Waals surface area contributed by atoms with Gasteiger partial charge in [-0.15, -0.1) is 0 Å². The lowest BCUT2D eigenvalue weighted by atomic mass is 9.88. The summed E-state index contributed by atoms with van der Waals surface area (Å²) in [5, 5.41) is 0. The second kappa shape index (κ2) is 9.37. The molecular weight excluding hydrogens is 384 g/mol. The van der Waals surface area contributed by atoms with E-state index < -0.39 is 0 Å². The van der Waals surface area contributed by atoms with Gasteiger partial charge in [-0.2, -0.15) is 0 Å². The second-order valence-corrected chi connectivity index (χ2v) is 9.54. The van der Waals surface area contributed by atoms with Crippen molar-refractivity contribution in [2.24, 2.45) is 5.92 Å². The Morgan fingerprint density at radius 1 is 1.00 bits per heavy atom. The first kappa shape index (κ1) is 21.8. The van der Waals surface area contributed by atoms with Crippen LogP contribution in [0, 0.1) is 19.8 Å². The van der Waals surface area contributed by atoms with E-state index in [0.29, 0.717) is 11.8 Å². The number of amides is 1. The lowest BCUT2D eigenvalue weighted by Gasteiger charge is -2.38. The van der Waals surface area contributed by atoms with Crippen LogP contribution in [0.5, 0.6) is 0 Å². The summed E-state index contributed by atoms with van der Waals surface area (Å²) in [5.74, 6) is 2.82. The molecule has 0 radical (unpaired) electrons. The molecule has 0 N–H and O–H groups in total. The standard InChI is InChI=1S/C26H36N4O/c1-18(2)23-20(4)27-24(22-12-8-9-19(3)17-22)28-25(23)29-13-15-30(16-14-29)26(31)21-10-6-5-7-11-21/h8-9,12,17-18,21H,5-7,10-11,13-16H2,1-4H3. The first-order valence-electron chi connectivity index (χ1n) is 11.9. The van der Waals surface area contributed by atoms with Crippen LogP contribution in [-0.4, -0.2) is 47.0 Å². The first-order chi connectivity index (χ1) is 14.9. The van der Waals surface area contributed by atoms with E-state index >= 15 is 0 Å². The molecule has 1 aliphatic carbocycles. The lowest BCUT2D eigenvalue weighted by molar-refractivity contribution is -0.136. The molecule has 2 aromatic rings. The monoisotopic (exact) mass is 420 g/mol. The molecule has 1 aromatic heterocycles. The van der Waals surface area contributed by atoms with E-state index in [1.54, 1.807) is 0 Å². The van der Waals surface area contributed by atoms with Gasteiger partial charge < -0.3 is 9.80 Å². The summed E-state index contributed by atoms with van der Waals surface area (Å²) in [6, 6.07) is 8.40. The average Bonchev–Trinajstić information content (AvgIpc) is 2.78. The largest absolute Gasteiger partial charge is 0.353 e. The van der Waals surface area contributed by atoms with Crippen LogP contribution in [-0.2, 0) is 4.79 Å². The van der Waals surface area contributed by atoms with Crippen molar-refractivity contribution in [2.45, 2.75) is 65.7 Å². The topological polar surface area (TPSA) is 49.3 Å². The molecule has 1 saturated heterocycles. The number of rotatable bonds is 4. The van der Waals surface area contributed by atoms with Crippen molar-refractivity contribution in [3.05, 3.63) is 41.1 Å². The molecular formula is C26H36N4O. The summed E-state index contributed by atoms with van der Waals surface area (Å²) in [6.07, 6.45) is 5.83. The highest BCUT2D eigenvalue weighted by Gasteiger charge is 2.30. The molecule has 2 fully saturated rings. The summed E-state index contributed by atoms with van der Waals surface area (Å²) < 4.78 is 0. The van der Waals surface area contributed by atoms with Crippen LogP contribution in [0.4, 0.5) is 5.82 Å². The molecule has 31 heavy (non-hydrogen) atoms. The van der Waals surface area contributed by atoms with Crippen LogP contribution in [0.1, 0.15) is 68.7 Å². The van der Waals surface area contributed by atoms with Crippen molar-refractivity contribution in [3.8, 4) is 11.4 Å². The number of anilines is 1. The summed E-state index contributed by atoms with van der Waals surface area (Å²) in [5.41, 5.74) is 4.55. The fraction of sp³-hybridized carbons (Fsp3) is 0.577. The maximum absolute atomic E-state index is 13.0. The number of aromatic nitrogens is 2. The predicted octanol–water partition coefficient (Wildman–Crippen LogP) is 5.11. The highest BCUT2D eigenvalue weighted by atomic mass is 16.2. The Hall–Kier alpha value is -2.43. The Labute approximate surface area is 186 Å². The fourth-order valence-corrected chi connectivity index (χ4v) is 5.14. The van der Waals surface area contributed by atoms with Gasteiger partial charge in [0.1, 0.15) is 5.82 Å². The Bertz CT molecular complexity index is 925. The minimum absolute atomic E-state index is 0.251. The van der Waals surface area contributed by atoms with Crippen LogP contribution in [0.15, 0.2) is 24.3 Å². The van der Waals surface area contributed by atoms with Crippen LogP contribution < -0.4 is 4.90 Å². The van der Waals surface area contributed by atoms with Crippen LogP contribution in [0.25, 0.3) is 11.4 Å². The molecule has 4 rings (SSSR count). The van der Waals surface area contributed by atoms with E-state index in [4.69, 9.17) is 9.97 Å². The summed E-state index contributed by atoms with van der Waals surface area (Å²) >= 11 is 0. The molecule has 0 unspecified atom stereocenters. The minimum atomic E-state index is 0.251. The number of piperazine rings is 1. The van der Waals surface area contributed by atoms with Gasteiger partial charge in [-0.05, 0) is 38.7 Å². The molecule has 1 amide bonds. The van der Waals surface area contributed by atoms with Crippen LogP contribution >= 0.6 is 0 Å². The highest BCUT2D eigenvalue weighted by molar-refractivity contribution is 5.79. The van der Waals surface area contributed by atoms with Crippen LogP contribution in [0.2, 0.25) is 0 Å². The fourth-order valence-electron chi connectivity index (χ4n) is 5.14. The van der Waals surface area contributed by atoms with E-state index in [-0.39, 0.29) is 5.92 Å². The third-order valence-electron chi connectivity index (χ3n) is 6.82. The van der Waals surface area contributed by atoms with Crippen molar-refractivity contribution in [3.63, 3.8) is 0 Å². The number of nitrogens with zero attached hydrogens (tertiary/aromatic N) is 4. The molecule has 0 bridgehead atoms. The zero-order valence-corrected chi connectivity index (χ0v) is 19.5. The molecule has 5 nitrogen and oxygen atoms in total. The van der Waals surface area contributed by atoms with Crippen LogP contribution in [0.3, 0.4) is 0 Å². The summed E-state index contributed by atoms with van der Waals surface area (Å²) in [6.45, 7) is 11.9. The maximum Gasteiger partial charge on any atom is 0.225 e. The summed E-state index contributed by atoms with van der Waals surface area (Å²) in [7, 11) is 0. The SMILES string of the molecule is Cc1cccc(-c2nc(C)c(C(C)C)c(N3CCN(C(=O)C4CCCCC4)CC3)n2)c1. The smallest absolute Gasteiger partial charge is 0.225 e. The molecule has 5 heteroatoms. The molecule has 2 aliphatic rings. The average molecular weight is 421 g/mol. The van der Waals surface area contributed by atoms with E-state index in [1.807, 2.05) is 0 Å². The van der Waals surface area contributed by atoms with Gasteiger partial charge in [0.25, 0.3) is 0 Å². The van der Waals surface area contributed by atoms with Gasteiger partial charge in [-0.1, -0.05) is 56.9 Å². The molecule has 2 heterocycles. The van der Waals surface area contributed by atoms with E-state index in [9.17, 15) is 4.79 Å². The second-order valence-electron chi connectivity index (χ2n) is 9.54. The zero-order chi connectivity index (χ0) is 22.0. The first-order valence-corrected chi connectivity index (χ1v) is 11.9. The maximum atomic E-state index is 13.0. The molecule has 1 aliphatic heterocycles. The number of carbonyl (C=O) groups excluding carboxylic acids is 1. The summed E-state index contributed by atoms with van der Waals surface area (Å²) in [4.78, 5) is 27.4. The van der Waals surface area contributed by atoms with Gasteiger partial charge in [0.15, 0.2) is 5.82 Å². The lowest BCUT2D eigenvalue weighted by Crippen LogP contribution is -2.51. The quantitative estimate of drug-likeness (QED) is 0.689. The minimum Gasteiger partial charge on any atom is -0.353 e. The molecule has 1 aromatic carbocycles. The number of carbonyl (C=O) groups is 1. The Morgan fingerprint density at radius 3 is 2.35 bits per heavy atom.